The van der Waals surface area contributed by atoms with E-state index in [1.807, 2.05) is 18.2 Å². The average Bonchev–Trinajstić information content (AvgIpc) is 3.21. The number of piperidine rings is 1. The van der Waals surface area contributed by atoms with Gasteiger partial charge in [0.05, 0.1) is 18.2 Å². The predicted octanol–water partition coefficient (Wildman–Crippen LogP) is 1.23. The molecule has 0 aliphatic carbocycles. The Bertz CT molecular complexity index is 754. The molecular formula is C16H18N4O3. The fraction of sp³-hybridized carbons (Fsp3) is 0.438. The Hall–Kier alpha value is -2.41. The number of carbonyl (C=O) groups is 1. The van der Waals surface area contributed by atoms with Gasteiger partial charge in [-0.05, 0) is 18.4 Å². The van der Waals surface area contributed by atoms with Crippen molar-refractivity contribution in [1.29, 1.82) is 0 Å². The highest BCUT2D eigenvalue weighted by Gasteiger charge is 2.43. The van der Waals surface area contributed by atoms with Gasteiger partial charge in [0.1, 0.15) is 0 Å². The Morgan fingerprint density at radius 3 is 2.87 bits per heavy atom. The fourth-order valence-corrected chi connectivity index (χ4v) is 3.59. The van der Waals surface area contributed by atoms with Gasteiger partial charge in [0, 0.05) is 13.0 Å². The second-order valence-corrected chi connectivity index (χ2v) is 6.04. The molecule has 2 saturated heterocycles. The molecule has 2 aromatic rings. The van der Waals surface area contributed by atoms with Crippen LogP contribution in [0.2, 0.25) is 0 Å². The van der Waals surface area contributed by atoms with Gasteiger partial charge in [-0.25, -0.2) is 9.89 Å². The summed E-state index contributed by atoms with van der Waals surface area (Å²) in [6.07, 6.45) is 2.67. The number of amides is 1. The van der Waals surface area contributed by atoms with Crippen molar-refractivity contribution in [2.24, 2.45) is 0 Å². The molecule has 2 fully saturated rings. The molecule has 0 bridgehead atoms. The SMILES string of the molecule is O=C(c1n[nH]c(=O)[nH]1)N1CCC[C@@H]2O[C@H](c3ccccc3)C[C@@H]21. The number of carbonyl (C=O) groups excluding carboxylic acids is 1. The molecule has 7 nitrogen and oxygen atoms in total. The van der Waals surface area contributed by atoms with Gasteiger partial charge in [-0.1, -0.05) is 30.3 Å². The van der Waals surface area contributed by atoms with Gasteiger partial charge in [-0.3, -0.25) is 9.78 Å². The summed E-state index contributed by atoms with van der Waals surface area (Å²) in [4.78, 5) is 28.0. The normalized spacial score (nSPS) is 27.0. The van der Waals surface area contributed by atoms with E-state index < -0.39 is 5.69 Å². The lowest BCUT2D eigenvalue weighted by Crippen LogP contribution is -2.49. The molecule has 0 spiro atoms. The molecule has 4 rings (SSSR count). The average molecular weight is 314 g/mol. The molecule has 1 aromatic carbocycles. The van der Waals surface area contributed by atoms with Crippen LogP contribution in [0.1, 0.15) is 41.5 Å². The van der Waals surface area contributed by atoms with Crippen LogP contribution >= 0.6 is 0 Å². The van der Waals surface area contributed by atoms with Crippen molar-refractivity contribution in [3.63, 3.8) is 0 Å². The first-order valence-corrected chi connectivity index (χ1v) is 7.88. The summed E-state index contributed by atoms with van der Waals surface area (Å²) in [5.41, 5.74) is 0.675. The summed E-state index contributed by atoms with van der Waals surface area (Å²) in [6, 6.07) is 10.1. The zero-order valence-electron chi connectivity index (χ0n) is 12.6. The van der Waals surface area contributed by atoms with Crippen molar-refractivity contribution in [3.8, 4) is 0 Å². The number of aromatic nitrogens is 3. The third-order valence-corrected chi connectivity index (χ3v) is 4.65. The van der Waals surface area contributed by atoms with E-state index in [-0.39, 0.29) is 30.0 Å². The Labute approximate surface area is 132 Å². The third kappa shape index (κ3) is 2.57. The van der Waals surface area contributed by atoms with Crippen molar-refractivity contribution in [1.82, 2.24) is 20.1 Å². The molecule has 120 valence electrons. The van der Waals surface area contributed by atoms with E-state index in [9.17, 15) is 9.59 Å². The number of nitrogens with zero attached hydrogens (tertiary/aromatic N) is 2. The van der Waals surface area contributed by atoms with E-state index >= 15 is 0 Å². The number of rotatable bonds is 2. The van der Waals surface area contributed by atoms with Crippen LogP contribution in [0.3, 0.4) is 0 Å². The highest BCUT2D eigenvalue weighted by molar-refractivity contribution is 5.90. The van der Waals surface area contributed by atoms with Crippen molar-refractivity contribution in [3.05, 3.63) is 52.2 Å². The van der Waals surface area contributed by atoms with Crippen LogP contribution < -0.4 is 5.69 Å². The summed E-state index contributed by atoms with van der Waals surface area (Å²) in [5.74, 6) is -0.172. The van der Waals surface area contributed by atoms with Crippen LogP contribution in [0.25, 0.3) is 0 Å². The molecule has 3 heterocycles. The number of nitrogens with one attached hydrogen (secondary N) is 2. The van der Waals surface area contributed by atoms with Crippen LogP contribution in [0.5, 0.6) is 0 Å². The lowest BCUT2D eigenvalue weighted by atomic mass is 9.95. The second-order valence-electron chi connectivity index (χ2n) is 6.04. The quantitative estimate of drug-likeness (QED) is 0.872. The molecule has 0 saturated carbocycles. The number of hydrogen-bond donors (Lipinski definition) is 2. The van der Waals surface area contributed by atoms with Crippen LogP contribution in [-0.2, 0) is 4.74 Å². The molecule has 2 N–H and O–H groups in total. The Morgan fingerprint density at radius 2 is 2.13 bits per heavy atom. The van der Waals surface area contributed by atoms with Gasteiger partial charge in [0.2, 0.25) is 5.82 Å². The summed E-state index contributed by atoms with van der Waals surface area (Å²) in [7, 11) is 0. The second kappa shape index (κ2) is 5.66. The summed E-state index contributed by atoms with van der Waals surface area (Å²) < 4.78 is 6.18. The topological polar surface area (TPSA) is 91.1 Å². The van der Waals surface area contributed by atoms with Gasteiger partial charge in [-0.2, -0.15) is 0 Å². The maximum absolute atomic E-state index is 12.6. The standard InChI is InChI=1S/C16H18N4O3/c21-15(14-17-16(22)19-18-14)20-8-4-7-12-11(20)9-13(23-12)10-5-2-1-3-6-10/h1-3,5-6,11-13H,4,7-9H2,(H2,17,18,19,22)/t11-,12-,13-/m0/s1. The number of benzene rings is 1. The van der Waals surface area contributed by atoms with Crippen LogP contribution in [0.15, 0.2) is 35.1 Å². The van der Waals surface area contributed by atoms with E-state index in [0.29, 0.717) is 6.54 Å². The van der Waals surface area contributed by atoms with Crippen molar-refractivity contribution in [2.45, 2.75) is 37.5 Å². The largest absolute Gasteiger partial charge is 0.368 e. The first-order valence-electron chi connectivity index (χ1n) is 7.88. The zero-order chi connectivity index (χ0) is 15.8. The molecule has 0 radical (unpaired) electrons. The van der Waals surface area contributed by atoms with Gasteiger partial charge in [-0.15, -0.1) is 5.10 Å². The number of likely N-dealkylation sites (tertiary alicyclic amines) is 1. The van der Waals surface area contributed by atoms with Gasteiger partial charge < -0.3 is 9.64 Å². The minimum Gasteiger partial charge on any atom is -0.368 e. The highest BCUT2D eigenvalue weighted by Crippen LogP contribution is 2.39. The summed E-state index contributed by atoms with van der Waals surface area (Å²) >= 11 is 0. The molecule has 1 aromatic heterocycles. The van der Waals surface area contributed by atoms with E-state index in [1.54, 1.807) is 4.90 Å². The van der Waals surface area contributed by atoms with E-state index in [1.165, 1.54) is 0 Å². The van der Waals surface area contributed by atoms with Crippen LogP contribution in [0, 0.1) is 0 Å². The van der Waals surface area contributed by atoms with Crippen molar-refractivity contribution < 1.29 is 9.53 Å². The number of ether oxygens (including phenoxy) is 1. The molecule has 2 aliphatic heterocycles. The van der Waals surface area contributed by atoms with Crippen molar-refractivity contribution in [2.75, 3.05) is 6.54 Å². The minimum atomic E-state index is -0.466. The maximum atomic E-state index is 12.6. The van der Waals surface area contributed by atoms with Crippen molar-refractivity contribution >= 4 is 5.91 Å². The smallest absolute Gasteiger partial charge is 0.341 e. The Balaban J connectivity index is 1.56. The number of hydrogen-bond acceptors (Lipinski definition) is 4. The van der Waals surface area contributed by atoms with E-state index in [0.717, 1.165) is 24.8 Å². The third-order valence-electron chi connectivity index (χ3n) is 4.65. The van der Waals surface area contributed by atoms with Gasteiger partial charge in [0.25, 0.3) is 5.91 Å². The zero-order valence-corrected chi connectivity index (χ0v) is 12.6. The molecule has 2 aliphatic rings. The highest BCUT2D eigenvalue weighted by atomic mass is 16.5. The summed E-state index contributed by atoms with van der Waals surface area (Å²) in [6.45, 7) is 0.666. The Kier molecular flexibility index (Phi) is 3.49. The van der Waals surface area contributed by atoms with Crippen LogP contribution in [0.4, 0.5) is 0 Å². The molecular weight excluding hydrogens is 296 g/mol. The van der Waals surface area contributed by atoms with E-state index in [4.69, 9.17) is 4.74 Å². The lowest BCUT2D eigenvalue weighted by molar-refractivity contribution is -0.00147. The minimum absolute atomic E-state index is 0.0119. The first-order chi connectivity index (χ1) is 11.2. The number of H-pyrrole nitrogens is 2. The van der Waals surface area contributed by atoms with Gasteiger partial charge >= 0.3 is 5.69 Å². The molecule has 23 heavy (non-hydrogen) atoms. The summed E-state index contributed by atoms with van der Waals surface area (Å²) in [5, 5.41) is 6.00. The Morgan fingerprint density at radius 1 is 1.30 bits per heavy atom. The lowest BCUT2D eigenvalue weighted by Gasteiger charge is -2.35. The number of aromatic amines is 2. The van der Waals surface area contributed by atoms with E-state index in [2.05, 4.69) is 27.3 Å². The molecule has 1 amide bonds. The first kappa shape index (κ1) is 14.2. The fourth-order valence-electron chi connectivity index (χ4n) is 3.59. The molecule has 7 heteroatoms. The van der Waals surface area contributed by atoms with Crippen LogP contribution in [-0.4, -0.2) is 44.7 Å². The monoisotopic (exact) mass is 314 g/mol. The van der Waals surface area contributed by atoms with Gasteiger partial charge in [0.15, 0.2) is 0 Å². The predicted molar refractivity (Wildman–Crippen MR) is 81.9 cm³/mol. The maximum Gasteiger partial charge on any atom is 0.341 e. The molecule has 3 atom stereocenters. The number of fused-ring (bicyclic) bond motifs is 1. The molecule has 0 unspecified atom stereocenters.